The number of methoxy groups -OCH3 is 1. The van der Waals surface area contributed by atoms with Crippen molar-refractivity contribution in [3.05, 3.63) is 35.9 Å². The molecular weight excluding hydrogens is 426 g/mol. The third-order valence-corrected chi connectivity index (χ3v) is 6.11. The van der Waals surface area contributed by atoms with Gasteiger partial charge in [0.15, 0.2) is 5.82 Å². The summed E-state index contributed by atoms with van der Waals surface area (Å²) in [5, 5.41) is 42.6. The highest BCUT2D eigenvalue weighted by Gasteiger charge is 2.28. The minimum atomic E-state index is -0.941. The predicted molar refractivity (Wildman–Crippen MR) is 121 cm³/mol. The van der Waals surface area contributed by atoms with E-state index in [2.05, 4.69) is 29.4 Å². The molecule has 2 aromatic carbocycles. The van der Waals surface area contributed by atoms with Gasteiger partial charge in [0.25, 0.3) is 0 Å². The van der Waals surface area contributed by atoms with Crippen LogP contribution in [0.25, 0.3) is 22.5 Å². The number of amides is 1. The molecule has 1 fully saturated rings. The number of carbonyl (C=O) groups is 1. The van der Waals surface area contributed by atoms with Crippen LogP contribution < -0.4 is 4.74 Å². The molecular formula is C23H27N5O5. The first-order valence-electron chi connectivity index (χ1n) is 10.8. The number of hydrogen-bond donors (Lipinski definition) is 3. The first-order valence-corrected chi connectivity index (χ1v) is 10.8. The van der Waals surface area contributed by atoms with Crippen molar-refractivity contribution in [2.24, 2.45) is 0 Å². The van der Waals surface area contributed by atoms with Crippen LogP contribution in [0.3, 0.4) is 0 Å². The van der Waals surface area contributed by atoms with E-state index in [1.165, 1.54) is 11.0 Å². The number of rotatable bonds is 5. The van der Waals surface area contributed by atoms with E-state index in [-0.39, 0.29) is 23.5 Å². The molecule has 0 unspecified atom stereocenters. The lowest BCUT2D eigenvalue weighted by Gasteiger charge is -2.30. The van der Waals surface area contributed by atoms with E-state index >= 15 is 0 Å². The minimum Gasteiger partial charge on any atom is -0.507 e. The number of hydrogen-bond acceptors (Lipinski definition) is 7. The summed E-state index contributed by atoms with van der Waals surface area (Å²) in [6.07, 6.45) is 0.171. The second-order valence-corrected chi connectivity index (χ2v) is 8.45. The Morgan fingerprint density at radius 2 is 1.76 bits per heavy atom. The highest BCUT2D eigenvalue weighted by atomic mass is 16.5. The molecule has 0 spiro atoms. The first-order chi connectivity index (χ1) is 15.8. The Morgan fingerprint density at radius 1 is 1.06 bits per heavy atom. The van der Waals surface area contributed by atoms with Gasteiger partial charge < -0.3 is 25.0 Å². The molecule has 174 valence electrons. The fourth-order valence-corrected chi connectivity index (χ4v) is 4.19. The molecule has 3 aromatic rings. The number of aromatic nitrogens is 4. The van der Waals surface area contributed by atoms with E-state index in [4.69, 9.17) is 4.74 Å². The van der Waals surface area contributed by atoms with Gasteiger partial charge in [-0.15, -0.1) is 5.10 Å². The van der Waals surface area contributed by atoms with Crippen LogP contribution in [0, 0.1) is 0 Å². The number of tetrazole rings is 1. The molecule has 1 aromatic heterocycles. The van der Waals surface area contributed by atoms with Gasteiger partial charge in [-0.3, -0.25) is 0 Å². The van der Waals surface area contributed by atoms with Crippen LogP contribution in [-0.4, -0.2) is 66.7 Å². The minimum absolute atomic E-state index is 0.0933. The Kier molecular flexibility index (Phi) is 6.08. The zero-order valence-corrected chi connectivity index (χ0v) is 18.8. The third-order valence-electron chi connectivity index (χ3n) is 6.11. The van der Waals surface area contributed by atoms with Crippen LogP contribution in [0.1, 0.15) is 44.2 Å². The van der Waals surface area contributed by atoms with Crippen molar-refractivity contribution in [1.29, 1.82) is 0 Å². The molecule has 0 bridgehead atoms. The Balaban J connectivity index is 1.76. The topological polar surface area (TPSA) is 134 Å². The molecule has 1 aliphatic rings. The van der Waals surface area contributed by atoms with Gasteiger partial charge in [0.2, 0.25) is 0 Å². The third kappa shape index (κ3) is 4.28. The summed E-state index contributed by atoms with van der Waals surface area (Å²) in [6.45, 7) is 4.92. The Bertz CT molecular complexity index is 1170. The van der Waals surface area contributed by atoms with Crippen molar-refractivity contribution in [3.8, 4) is 39.8 Å². The maximum absolute atomic E-state index is 11.2. The summed E-state index contributed by atoms with van der Waals surface area (Å²) in [5.74, 6) is 0.962. The molecule has 0 radical (unpaired) electrons. The van der Waals surface area contributed by atoms with Crippen molar-refractivity contribution in [2.75, 3.05) is 20.2 Å². The number of carboxylic acid groups (broad SMARTS) is 1. The van der Waals surface area contributed by atoms with Gasteiger partial charge in [-0.1, -0.05) is 19.9 Å². The molecule has 10 nitrogen and oxygen atoms in total. The van der Waals surface area contributed by atoms with Crippen LogP contribution in [-0.2, 0) is 0 Å². The maximum atomic E-state index is 11.2. The molecule has 0 atom stereocenters. The number of aromatic hydroxyl groups is 2. The van der Waals surface area contributed by atoms with Crippen molar-refractivity contribution in [3.63, 3.8) is 0 Å². The molecule has 4 rings (SSSR count). The molecule has 1 saturated heterocycles. The number of phenols is 2. The number of benzene rings is 2. The van der Waals surface area contributed by atoms with Crippen molar-refractivity contribution < 1.29 is 24.9 Å². The predicted octanol–water partition coefficient (Wildman–Crippen LogP) is 3.87. The van der Waals surface area contributed by atoms with Gasteiger partial charge in [0, 0.05) is 30.3 Å². The van der Waals surface area contributed by atoms with Crippen molar-refractivity contribution in [1.82, 2.24) is 25.1 Å². The van der Waals surface area contributed by atoms with E-state index in [0.29, 0.717) is 54.2 Å². The van der Waals surface area contributed by atoms with Gasteiger partial charge in [-0.05, 0) is 52.9 Å². The van der Waals surface area contributed by atoms with Gasteiger partial charge >= 0.3 is 6.09 Å². The van der Waals surface area contributed by atoms with E-state index in [1.54, 1.807) is 17.9 Å². The molecule has 0 aliphatic carbocycles. The van der Waals surface area contributed by atoms with Gasteiger partial charge in [0.1, 0.15) is 17.2 Å². The van der Waals surface area contributed by atoms with E-state index in [9.17, 15) is 20.1 Å². The molecule has 3 N–H and O–H groups in total. The van der Waals surface area contributed by atoms with E-state index < -0.39 is 6.09 Å². The monoisotopic (exact) mass is 453 g/mol. The summed E-state index contributed by atoms with van der Waals surface area (Å²) in [4.78, 5) is 12.6. The number of phenolic OH excluding ortho intramolecular Hbond substituents is 2. The van der Waals surface area contributed by atoms with Crippen LogP contribution in [0.2, 0.25) is 0 Å². The summed E-state index contributed by atoms with van der Waals surface area (Å²) in [6, 6.07) is 8.62. The Morgan fingerprint density at radius 3 is 2.39 bits per heavy atom. The van der Waals surface area contributed by atoms with E-state index in [0.717, 1.165) is 5.56 Å². The average Bonchev–Trinajstić information content (AvgIpc) is 3.28. The molecule has 1 amide bonds. The SMILES string of the molecule is COc1ccc(C(C)C)cc1-c1cc(-c2nnnn2C2CCN(C(=O)O)CC2)c(O)cc1O. The first kappa shape index (κ1) is 22.4. The van der Waals surface area contributed by atoms with Gasteiger partial charge in [-0.25, -0.2) is 9.48 Å². The smallest absolute Gasteiger partial charge is 0.407 e. The zero-order valence-electron chi connectivity index (χ0n) is 18.8. The number of nitrogens with zero attached hydrogens (tertiary/aromatic N) is 5. The Labute approximate surface area is 191 Å². The second kappa shape index (κ2) is 8.97. The summed E-state index contributed by atoms with van der Waals surface area (Å²) in [7, 11) is 1.57. The second-order valence-electron chi connectivity index (χ2n) is 8.45. The highest BCUT2D eigenvalue weighted by molar-refractivity contribution is 5.82. The molecule has 1 aliphatic heterocycles. The lowest BCUT2D eigenvalue weighted by Crippen LogP contribution is -2.38. The normalized spacial score (nSPS) is 14.6. The largest absolute Gasteiger partial charge is 0.507 e. The van der Waals surface area contributed by atoms with Crippen LogP contribution in [0.4, 0.5) is 4.79 Å². The highest BCUT2D eigenvalue weighted by Crippen LogP contribution is 2.43. The van der Waals surface area contributed by atoms with Crippen LogP contribution >= 0.6 is 0 Å². The standard InChI is InChI=1S/C23H27N5O5/c1-13(2)14-4-5-21(33-3)17(10-14)16-11-18(20(30)12-19(16)29)22-24-25-26-28(22)15-6-8-27(9-7-15)23(31)32/h4-5,10-13,15,29-30H,6-9H2,1-3H3,(H,31,32). The number of piperidine rings is 1. The van der Waals surface area contributed by atoms with Gasteiger partial charge in [-0.2, -0.15) is 0 Å². The molecule has 0 saturated carbocycles. The molecule has 10 heteroatoms. The zero-order chi connectivity index (χ0) is 23.7. The fraction of sp³-hybridized carbons (Fsp3) is 0.391. The lowest BCUT2D eigenvalue weighted by atomic mass is 9.94. The summed E-state index contributed by atoms with van der Waals surface area (Å²) < 4.78 is 7.15. The van der Waals surface area contributed by atoms with E-state index in [1.807, 2.05) is 18.2 Å². The molecule has 2 heterocycles. The average molecular weight is 453 g/mol. The quantitative estimate of drug-likeness (QED) is 0.530. The van der Waals surface area contributed by atoms with Crippen LogP contribution in [0.15, 0.2) is 30.3 Å². The Hall–Kier alpha value is -3.82. The summed E-state index contributed by atoms with van der Waals surface area (Å²) >= 11 is 0. The van der Waals surface area contributed by atoms with Gasteiger partial charge in [0.05, 0.1) is 18.7 Å². The maximum Gasteiger partial charge on any atom is 0.407 e. The van der Waals surface area contributed by atoms with Crippen molar-refractivity contribution >= 4 is 6.09 Å². The number of ether oxygens (including phenoxy) is 1. The van der Waals surface area contributed by atoms with Crippen molar-refractivity contribution in [2.45, 2.75) is 38.6 Å². The summed E-state index contributed by atoms with van der Waals surface area (Å²) in [5.41, 5.74) is 2.62. The lowest BCUT2D eigenvalue weighted by molar-refractivity contribution is 0.124. The molecule has 33 heavy (non-hydrogen) atoms. The van der Waals surface area contributed by atoms with Crippen LogP contribution in [0.5, 0.6) is 17.2 Å². The number of likely N-dealkylation sites (tertiary alicyclic amines) is 1. The fourth-order valence-electron chi connectivity index (χ4n) is 4.19.